The van der Waals surface area contributed by atoms with Gasteiger partial charge in [0.1, 0.15) is 0 Å². The lowest BCUT2D eigenvalue weighted by atomic mass is 10.2. The second-order valence-electron chi connectivity index (χ2n) is 3.09. The molecule has 0 fully saturated rings. The molecule has 0 spiro atoms. The fraction of sp³-hybridized carbons (Fsp3) is 0.300. The molecule has 3 N–H and O–H groups in total. The monoisotopic (exact) mass is 256 g/mol. The predicted octanol–water partition coefficient (Wildman–Crippen LogP) is 1.53. The van der Waals surface area contributed by atoms with Gasteiger partial charge in [-0.2, -0.15) is 0 Å². The number of amides is 1. The number of carbonyl (C=O) groups excluding carboxylic acids is 1. The van der Waals surface area contributed by atoms with Gasteiger partial charge in [0.25, 0.3) is 5.91 Å². The zero-order chi connectivity index (χ0) is 10.6. The third-order valence-electron chi connectivity index (χ3n) is 1.85. The molecule has 1 atom stereocenters. The highest BCUT2D eigenvalue weighted by atomic mass is 79.9. The highest BCUT2D eigenvalue weighted by molar-refractivity contribution is 9.10. The van der Waals surface area contributed by atoms with Crippen molar-refractivity contribution in [2.45, 2.75) is 13.0 Å². The second-order valence-corrected chi connectivity index (χ2v) is 3.94. The Hall–Kier alpha value is -0.870. The van der Waals surface area contributed by atoms with Crippen molar-refractivity contribution >= 4 is 21.8 Å². The minimum Gasteiger partial charge on any atom is -0.348 e. The summed E-state index contributed by atoms with van der Waals surface area (Å²) in [4.78, 5) is 11.6. The van der Waals surface area contributed by atoms with Gasteiger partial charge in [-0.1, -0.05) is 12.1 Å². The SMILES string of the molecule is C[C@H](CN)NC(=O)c1ccccc1Br. The summed E-state index contributed by atoms with van der Waals surface area (Å²) in [7, 11) is 0. The van der Waals surface area contributed by atoms with Crippen molar-refractivity contribution in [3.8, 4) is 0 Å². The summed E-state index contributed by atoms with van der Waals surface area (Å²) < 4.78 is 0.793. The molecule has 0 aliphatic carbocycles. The molecule has 0 unspecified atom stereocenters. The Morgan fingerprint density at radius 2 is 2.21 bits per heavy atom. The van der Waals surface area contributed by atoms with Gasteiger partial charge in [0.15, 0.2) is 0 Å². The van der Waals surface area contributed by atoms with E-state index in [4.69, 9.17) is 5.73 Å². The Kier molecular flexibility index (Phi) is 4.10. The van der Waals surface area contributed by atoms with Crippen LogP contribution in [-0.2, 0) is 0 Å². The van der Waals surface area contributed by atoms with E-state index in [1.807, 2.05) is 25.1 Å². The summed E-state index contributed by atoms with van der Waals surface area (Å²) in [5.74, 6) is -0.101. The van der Waals surface area contributed by atoms with E-state index in [-0.39, 0.29) is 11.9 Å². The Balaban J connectivity index is 2.75. The number of rotatable bonds is 3. The minimum atomic E-state index is -0.101. The van der Waals surface area contributed by atoms with Crippen LogP contribution < -0.4 is 11.1 Å². The summed E-state index contributed by atoms with van der Waals surface area (Å²) in [6.07, 6.45) is 0. The number of nitrogens with two attached hydrogens (primary N) is 1. The maximum absolute atomic E-state index is 11.6. The van der Waals surface area contributed by atoms with E-state index in [2.05, 4.69) is 21.2 Å². The first kappa shape index (κ1) is 11.2. The number of nitrogens with one attached hydrogen (secondary N) is 1. The summed E-state index contributed by atoms with van der Waals surface area (Å²) >= 11 is 3.32. The lowest BCUT2D eigenvalue weighted by Crippen LogP contribution is -2.37. The van der Waals surface area contributed by atoms with Crippen LogP contribution in [0.5, 0.6) is 0 Å². The molecular weight excluding hydrogens is 244 g/mol. The van der Waals surface area contributed by atoms with Gasteiger partial charge in [-0.05, 0) is 35.0 Å². The molecule has 0 heterocycles. The van der Waals surface area contributed by atoms with E-state index in [0.29, 0.717) is 12.1 Å². The first-order chi connectivity index (χ1) is 6.65. The molecular formula is C10H13BrN2O. The molecule has 1 aromatic carbocycles. The quantitative estimate of drug-likeness (QED) is 0.862. The molecule has 76 valence electrons. The van der Waals surface area contributed by atoms with Crippen molar-refractivity contribution in [2.75, 3.05) is 6.54 Å². The Bertz CT molecular complexity index is 328. The molecule has 1 rings (SSSR count). The zero-order valence-electron chi connectivity index (χ0n) is 7.96. The number of benzene rings is 1. The molecule has 0 bridgehead atoms. The van der Waals surface area contributed by atoms with Gasteiger partial charge < -0.3 is 11.1 Å². The highest BCUT2D eigenvalue weighted by Crippen LogP contribution is 2.15. The lowest BCUT2D eigenvalue weighted by Gasteiger charge is -2.11. The van der Waals surface area contributed by atoms with Crippen molar-refractivity contribution in [1.29, 1.82) is 0 Å². The van der Waals surface area contributed by atoms with E-state index < -0.39 is 0 Å². The van der Waals surface area contributed by atoms with Crippen LogP contribution >= 0.6 is 15.9 Å². The summed E-state index contributed by atoms with van der Waals surface area (Å²) in [5, 5.41) is 2.79. The van der Waals surface area contributed by atoms with Gasteiger partial charge >= 0.3 is 0 Å². The van der Waals surface area contributed by atoms with Gasteiger partial charge in [0, 0.05) is 17.1 Å². The average Bonchev–Trinajstić information content (AvgIpc) is 2.18. The van der Waals surface area contributed by atoms with Crippen molar-refractivity contribution in [3.63, 3.8) is 0 Å². The van der Waals surface area contributed by atoms with Crippen LogP contribution in [0.3, 0.4) is 0 Å². The molecule has 0 saturated carbocycles. The molecule has 0 aliphatic rings. The number of hydrogen-bond acceptors (Lipinski definition) is 2. The van der Waals surface area contributed by atoms with Gasteiger partial charge in [-0.3, -0.25) is 4.79 Å². The second kappa shape index (κ2) is 5.12. The van der Waals surface area contributed by atoms with Gasteiger partial charge in [0.2, 0.25) is 0 Å². The Labute approximate surface area is 91.8 Å². The molecule has 4 heteroatoms. The van der Waals surface area contributed by atoms with E-state index in [1.165, 1.54) is 0 Å². The van der Waals surface area contributed by atoms with Crippen LogP contribution in [0.15, 0.2) is 28.7 Å². The fourth-order valence-electron chi connectivity index (χ4n) is 1.01. The van der Waals surface area contributed by atoms with Crippen LogP contribution in [0.2, 0.25) is 0 Å². The smallest absolute Gasteiger partial charge is 0.252 e. The molecule has 0 radical (unpaired) electrons. The zero-order valence-corrected chi connectivity index (χ0v) is 9.54. The molecule has 0 saturated heterocycles. The third kappa shape index (κ3) is 2.82. The Morgan fingerprint density at radius 3 is 2.79 bits per heavy atom. The summed E-state index contributed by atoms with van der Waals surface area (Å²) in [5.41, 5.74) is 6.04. The summed E-state index contributed by atoms with van der Waals surface area (Å²) in [6, 6.07) is 7.29. The van der Waals surface area contributed by atoms with Crippen LogP contribution in [0.4, 0.5) is 0 Å². The summed E-state index contributed by atoms with van der Waals surface area (Å²) in [6.45, 7) is 2.31. The average molecular weight is 257 g/mol. The van der Waals surface area contributed by atoms with Crippen molar-refractivity contribution in [1.82, 2.24) is 5.32 Å². The molecule has 0 aliphatic heterocycles. The Morgan fingerprint density at radius 1 is 1.57 bits per heavy atom. The van der Waals surface area contributed by atoms with E-state index in [0.717, 1.165) is 4.47 Å². The number of carbonyl (C=O) groups is 1. The third-order valence-corrected chi connectivity index (χ3v) is 2.54. The molecule has 1 amide bonds. The normalized spacial score (nSPS) is 12.2. The topological polar surface area (TPSA) is 55.1 Å². The van der Waals surface area contributed by atoms with Crippen LogP contribution in [0.1, 0.15) is 17.3 Å². The molecule has 1 aromatic rings. The number of halogens is 1. The van der Waals surface area contributed by atoms with Crippen LogP contribution in [0.25, 0.3) is 0 Å². The van der Waals surface area contributed by atoms with E-state index in [1.54, 1.807) is 6.07 Å². The standard InChI is InChI=1S/C10H13BrN2O/c1-7(6-12)13-10(14)8-4-2-3-5-9(8)11/h2-5,7H,6,12H2,1H3,(H,13,14)/t7-/m1/s1. The predicted molar refractivity (Wildman–Crippen MR) is 60.1 cm³/mol. The molecule has 3 nitrogen and oxygen atoms in total. The van der Waals surface area contributed by atoms with Crippen LogP contribution in [0, 0.1) is 0 Å². The van der Waals surface area contributed by atoms with Crippen molar-refractivity contribution in [2.24, 2.45) is 5.73 Å². The fourth-order valence-corrected chi connectivity index (χ4v) is 1.47. The van der Waals surface area contributed by atoms with Crippen molar-refractivity contribution in [3.05, 3.63) is 34.3 Å². The minimum absolute atomic E-state index is 0.00499. The van der Waals surface area contributed by atoms with Crippen LogP contribution in [-0.4, -0.2) is 18.5 Å². The lowest BCUT2D eigenvalue weighted by molar-refractivity contribution is 0.0940. The molecule has 0 aromatic heterocycles. The first-order valence-electron chi connectivity index (χ1n) is 4.40. The maximum Gasteiger partial charge on any atom is 0.252 e. The number of hydrogen-bond donors (Lipinski definition) is 2. The molecule has 14 heavy (non-hydrogen) atoms. The van der Waals surface area contributed by atoms with Gasteiger partial charge in [0.05, 0.1) is 5.56 Å². The largest absolute Gasteiger partial charge is 0.348 e. The highest BCUT2D eigenvalue weighted by Gasteiger charge is 2.10. The van der Waals surface area contributed by atoms with E-state index in [9.17, 15) is 4.79 Å². The van der Waals surface area contributed by atoms with Gasteiger partial charge in [-0.15, -0.1) is 0 Å². The first-order valence-corrected chi connectivity index (χ1v) is 5.20. The van der Waals surface area contributed by atoms with Crippen molar-refractivity contribution < 1.29 is 4.79 Å². The van der Waals surface area contributed by atoms with E-state index >= 15 is 0 Å². The van der Waals surface area contributed by atoms with Gasteiger partial charge in [-0.25, -0.2) is 0 Å². The maximum atomic E-state index is 11.6.